The molecule has 0 spiro atoms. The van der Waals surface area contributed by atoms with Crippen LogP contribution in [0.5, 0.6) is 11.8 Å². The van der Waals surface area contributed by atoms with Crippen LogP contribution in [0.2, 0.25) is 15.1 Å². The van der Waals surface area contributed by atoms with Gasteiger partial charge in [0, 0.05) is 21.7 Å². The molecule has 0 atom stereocenters. The number of rotatable bonds is 8. The van der Waals surface area contributed by atoms with E-state index in [1.54, 1.807) is 0 Å². The second-order valence-electron chi connectivity index (χ2n) is 9.18. The fraction of sp³-hybridized carbons (Fsp3) is 0.148. The number of hydrogen-bond donors (Lipinski definition) is 2. The first-order chi connectivity index (χ1) is 19.8. The van der Waals surface area contributed by atoms with Gasteiger partial charge in [0.05, 0.1) is 26.9 Å². The maximum Gasteiger partial charge on any atom is 0.433 e. The number of aromatic nitrogens is 2. The quantitative estimate of drug-likeness (QED) is 0.198. The molecule has 1 aliphatic carbocycles. The van der Waals surface area contributed by atoms with E-state index >= 15 is 0 Å². The number of halogens is 6. The molecule has 1 saturated carbocycles. The van der Waals surface area contributed by atoms with E-state index in [9.17, 15) is 26.4 Å². The Hall–Kier alpha value is -3.58. The largest absolute Gasteiger partial charge is 0.433 e. The van der Waals surface area contributed by atoms with Crippen LogP contribution in [-0.4, -0.2) is 24.3 Å². The first-order valence-electron chi connectivity index (χ1n) is 12.1. The lowest BCUT2D eigenvalue weighted by molar-refractivity contribution is -0.141. The molecule has 1 heterocycles. The topological polar surface area (TPSA) is 110 Å². The number of ether oxygens (including phenoxy) is 1. The Morgan fingerprint density at radius 2 is 1.57 bits per heavy atom. The van der Waals surface area contributed by atoms with Crippen molar-refractivity contribution in [2.75, 3.05) is 10.0 Å². The van der Waals surface area contributed by atoms with Gasteiger partial charge in [-0.2, -0.15) is 23.1 Å². The number of anilines is 2. The molecule has 1 amide bonds. The van der Waals surface area contributed by atoms with E-state index in [0.717, 1.165) is 18.9 Å². The minimum atomic E-state index is -4.66. The van der Waals surface area contributed by atoms with Crippen molar-refractivity contribution >= 4 is 62.1 Å². The van der Waals surface area contributed by atoms with E-state index in [0.29, 0.717) is 5.02 Å². The van der Waals surface area contributed by atoms with Crippen molar-refractivity contribution in [2.24, 2.45) is 0 Å². The molecule has 3 aromatic carbocycles. The number of carbonyl (C=O) groups is 1. The maximum atomic E-state index is 13.3. The Morgan fingerprint density at radius 3 is 2.19 bits per heavy atom. The third-order valence-electron chi connectivity index (χ3n) is 5.99. The van der Waals surface area contributed by atoms with Crippen molar-refractivity contribution < 1.29 is 31.1 Å². The predicted octanol–water partition coefficient (Wildman–Crippen LogP) is 8.18. The van der Waals surface area contributed by atoms with Gasteiger partial charge in [-0.15, -0.1) is 0 Å². The van der Waals surface area contributed by atoms with E-state index in [-0.39, 0.29) is 49.2 Å². The molecule has 0 radical (unpaired) electrons. The standard InChI is InChI=1S/C27H18Cl3F3N4O4S/c28-15-3-9-19(10-4-15)42(39,40)37-24-20(11-16(29)12-21(24)30)25(38)34-17-5-7-18(8-6-17)41-26-35-22(14-1-2-14)13-23(36-26)27(31,32)33/h3-14,37H,1-2H2,(H,34,38). The summed E-state index contributed by atoms with van der Waals surface area (Å²) in [5.74, 6) is -0.692. The fourth-order valence-electron chi connectivity index (χ4n) is 3.80. The van der Waals surface area contributed by atoms with E-state index in [4.69, 9.17) is 39.5 Å². The van der Waals surface area contributed by atoms with Gasteiger partial charge in [0.15, 0.2) is 5.69 Å². The molecule has 1 fully saturated rings. The normalized spacial score (nSPS) is 13.5. The molecule has 0 aliphatic heterocycles. The molecule has 42 heavy (non-hydrogen) atoms. The highest BCUT2D eigenvalue weighted by Crippen LogP contribution is 2.41. The van der Waals surface area contributed by atoms with Crippen LogP contribution in [0.15, 0.2) is 71.6 Å². The van der Waals surface area contributed by atoms with Crippen molar-refractivity contribution in [3.8, 4) is 11.8 Å². The monoisotopic (exact) mass is 656 g/mol. The molecule has 0 bridgehead atoms. The Balaban J connectivity index is 1.34. The lowest BCUT2D eigenvalue weighted by atomic mass is 10.1. The summed E-state index contributed by atoms with van der Waals surface area (Å²) in [6.07, 6.45) is -3.18. The summed E-state index contributed by atoms with van der Waals surface area (Å²) < 4.78 is 73.6. The zero-order valence-electron chi connectivity index (χ0n) is 21.0. The molecule has 5 rings (SSSR count). The summed E-state index contributed by atoms with van der Waals surface area (Å²) in [5.41, 5.74) is -0.963. The first kappa shape index (κ1) is 29.9. The Kier molecular flexibility index (Phi) is 8.26. The Bertz CT molecular complexity index is 1770. The van der Waals surface area contributed by atoms with E-state index in [1.807, 2.05) is 0 Å². The van der Waals surface area contributed by atoms with Crippen molar-refractivity contribution in [3.63, 3.8) is 0 Å². The number of sulfonamides is 1. The predicted molar refractivity (Wildman–Crippen MR) is 152 cm³/mol. The van der Waals surface area contributed by atoms with Crippen molar-refractivity contribution in [2.45, 2.75) is 29.8 Å². The van der Waals surface area contributed by atoms with Crippen molar-refractivity contribution in [3.05, 3.63) is 98.7 Å². The minimum absolute atomic E-state index is 0.0606. The summed E-state index contributed by atoms with van der Waals surface area (Å²) >= 11 is 18.2. The summed E-state index contributed by atoms with van der Waals surface area (Å²) in [4.78, 5) is 20.7. The molecule has 1 aliphatic rings. The highest BCUT2D eigenvalue weighted by Gasteiger charge is 2.36. The highest BCUT2D eigenvalue weighted by molar-refractivity contribution is 7.92. The molecule has 218 valence electrons. The highest BCUT2D eigenvalue weighted by atomic mass is 35.5. The molecule has 1 aromatic heterocycles. The van der Waals surface area contributed by atoms with Gasteiger partial charge >= 0.3 is 12.2 Å². The van der Waals surface area contributed by atoms with Crippen LogP contribution in [0.1, 0.15) is 40.5 Å². The summed E-state index contributed by atoms with van der Waals surface area (Å²) in [5, 5.41) is 2.88. The van der Waals surface area contributed by atoms with Crippen molar-refractivity contribution in [1.82, 2.24) is 9.97 Å². The molecule has 0 saturated heterocycles. The zero-order chi connectivity index (χ0) is 30.2. The van der Waals surface area contributed by atoms with Gasteiger partial charge in [-0.05, 0) is 79.6 Å². The fourth-order valence-corrected chi connectivity index (χ4v) is 5.62. The molecular weight excluding hydrogens is 640 g/mol. The second kappa shape index (κ2) is 11.6. The lowest BCUT2D eigenvalue weighted by Crippen LogP contribution is -2.19. The van der Waals surface area contributed by atoms with Gasteiger partial charge in [0.2, 0.25) is 0 Å². The van der Waals surface area contributed by atoms with Gasteiger partial charge in [-0.3, -0.25) is 9.52 Å². The summed E-state index contributed by atoms with van der Waals surface area (Å²) in [6.45, 7) is 0. The number of alkyl halides is 3. The number of benzene rings is 3. The number of nitrogens with zero attached hydrogens (tertiary/aromatic N) is 2. The van der Waals surface area contributed by atoms with Gasteiger partial charge in [-0.25, -0.2) is 8.42 Å². The van der Waals surface area contributed by atoms with E-state index in [1.165, 1.54) is 60.7 Å². The first-order valence-corrected chi connectivity index (χ1v) is 14.7. The summed E-state index contributed by atoms with van der Waals surface area (Å²) in [7, 11) is -4.16. The van der Waals surface area contributed by atoms with E-state index < -0.39 is 33.8 Å². The maximum absolute atomic E-state index is 13.3. The van der Waals surface area contributed by atoms with Crippen LogP contribution >= 0.6 is 34.8 Å². The number of carbonyl (C=O) groups excluding carboxylic acids is 1. The molecule has 8 nitrogen and oxygen atoms in total. The van der Waals surface area contributed by atoms with Crippen LogP contribution in [0, 0.1) is 0 Å². The van der Waals surface area contributed by atoms with E-state index in [2.05, 4.69) is 20.0 Å². The van der Waals surface area contributed by atoms with Gasteiger partial charge in [0.25, 0.3) is 15.9 Å². The number of nitrogens with one attached hydrogen (secondary N) is 2. The molecule has 0 unspecified atom stereocenters. The van der Waals surface area contributed by atoms with Gasteiger partial charge in [-0.1, -0.05) is 34.8 Å². The van der Waals surface area contributed by atoms with Crippen LogP contribution in [0.25, 0.3) is 0 Å². The Morgan fingerprint density at radius 1 is 0.905 bits per heavy atom. The smallest absolute Gasteiger partial charge is 0.424 e. The second-order valence-corrected chi connectivity index (χ2v) is 12.1. The number of amides is 1. The molecular formula is C27H18Cl3F3N4O4S. The number of hydrogen-bond acceptors (Lipinski definition) is 6. The van der Waals surface area contributed by atoms with Gasteiger partial charge < -0.3 is 10.1 Å². The third-order valence-corrected chi connectivity index (χ3v) is 8.13. The molecule has 2 N–H and O–H groups in total. The van der Waals surface area contributed by atoms with Crippen LogP contribution < -0.4 is 14.8 Å². The lowest BCUT2D eigenvalue weighted by Gasteiger charge is -2.15. The Labute approximate surface area is 252 Å². The molecule has 4 aromatic rings. The van der Waals surface area contributed by atoms with Crippen molar-refractivity contribution in [1.29, 1.82) is 0 Å². The van der Waals surface area contributed by atoms with Crippen LogP contribution in [0.3, 0.4) is 0 Å². The summed E-state index contributed by atoms with van der Waals surface area (Å²) in [6, 6.07) is 14.0. The third kappa shape index (κ3) is 7.06. The average molecular weight is 658 g/mol. The van der Waals surface area contributed by atoms with Crippen LogP contribution in [0.4, 0.5) is 24.5 Å². The zero-order valence-corrected chi connectivity index (χ0v) is 24.1. The molecule has 15 heteroatoms. The van der Waals surface area contributed by atoms with Gasteiger partial charge in [0.1, 0.15) is 5.75 Å². The minimum Gasteiger partial charge on any atom is -0.424 e. The SMILES string of the molecule is O=C(Nc1ccc(Oc2nc(C3CC3)cc(C(F)(F)F)n2)cc1)c1cc(Cl)cc(Cl)c1NS(=O)(=O)c1ccc(Cl)cc1. The van der Waals surface area contributed by atoms with Crippen LogP contribution in [-0.2, 0) is 16.2 Å². The average Bonchev–Trinajstić information content (AvgIpc) is 3.76.